The first-order valence-electron chi connectivity index (χ1n) is 11.3. The van der Waals surface area contributed by atoms with Crippen LogP contribution in [0.4, 0.5) is 13.2 Å². The van der Waals surface area contributed by atoms with Crippen LogP contribution >= 0.6 is 12.6 Å². The molecular formula is C27H48F3N3S. The molecule has 0 spiro atoms. The molecule has 0 heterocycles. The minimum absolute atomic E-state index is 0. The zero-order valence-electron chi connectivity index (χ0n) is 20.6. The fraction of sp³-hybridized carbons (Fsp3) is 0.630. The number of thiol groups is 1. The first kappa shape index (κ1) is 36.8. The van der Waals surface area contributed by atoms with E-state index in [0.29, 0.717) is 10.8 Å². The summed E-state index contributed by atoms with van der Waals surface area (Å²) in [5.74, 6) is 0.315. The van der Waals surface area contributed by atoms with Gasteiger partial charge in [0.1, 0.15) is 5.70 Å². The molecule has 0 amide bonds. The maximum absolute atomic E-state index is 13.4. The lowest BCUT2D eigenvalue weighted by Gasteiger charge is -2.53. The van der Waals surface area contributed by atoms with Crippen LogP contribution in [0.5, 0.6) is 0 Å². The standard InChI is InChI=1S/C21H28F3N3S.2C2H6.2CH4/c1-5-12-9-15(18(12)13-7-6-8-17(28)14(13)10-25)20(2,3)16(11-27-4)19(26)21(22,23)24;2*1-2;;/h6-8,10-12,15,18,25,28H,5,9,26H2,1-4H3;2*1-2H3;2*1H4/b19-16+,25-10?,27-11?;;;;. The van der Waals surface area contributed by atoms with E-state index in [9.17, 15) is 13.2 Å². The molecule has 3 N–H and O–H groups in total. The summed E-state index contributed by atoms with van der Waals surface area (Å²) in [7, 11) is 1.45. The van der Waals surface area contributed by atoms with Crippen LogP contribution < -0.4 is 5.73 Å². The second kappa shape index (κ2) is 16.0. The molecular weight excluding hydrogens is 455 g/mol. The molecule has 3 nitrogen and oxygen atoms in total. The predicted octanol–water partition coefficient (Wildman–Crippen LogP) is 8.93. The molecule has 1 aliphatic carbocycles. The molecule has 1 saturated carbocycles. The fourth-order valence-corrected chi connectivity index (χ4v) is 4.75. The second-order valence-electron chi connectivity index (χ2n) is 7.89. The SMILES string of the molecule is C.C.CC.CC.CCC1CC(C(C)(C)/C(C=NC)=C(/N)C(F)(F)F)C1c1cccc(S)c1C=N. The number of halogens is 3. The number of rotatable bonds is 6. The van der Waals surface area contributed by atoms with Gasteiger partial charge in [-0.15, -0.1) is 12.6 Å². The monoisotopic (exact) mass is 503 g/mol. The van der Waals surface area contributed by atoms with Gasteiger partial charge in [-0.1, -0.05) is 81.9 Å². The Bertz CT molecular complexity index is 799. The Morgan fingerprint density at radius 2 is 1.71 bits per heavy atom. The summed E-state index contributed by atoms with van der Waals surface area (Å²) in [5.41, 5.74) is 5.33. The van der Waals surface area contributed by atoms with Crippen LogP contribution in [0.15, 0.2) is 39.4 Å². The van der Waals surface area contributed by atoms with Crippen molar-refractivity contribution in [2.45, 2.75) is 93.2 Å². The minimum atomic E-state index is -4.61. The average Bonchev–Trinajstić information content (AvgIpc) is 2.73. The lowest BCUT2D eigenvalue weighted by molar-refractivity contribution is -0.0948. The third-order valence-electron chi connectivity index (χ3n) is 6.12. The molecule has 198 valence electrons. The number of hydrogen-bond acceptors (Lipinski definition) is 4. The second-order valence-corrected chi connectivity index (χ2v) is 8.38. The van der Waals surface area contributed by atoms with Gasteiger partial charge in [0.15, 0.2) is 0 Å². The summed E-state index contributed by atoms with van der Waals surface area (Å²) >= 11 is 4.46. The number of nitrogens with one attached hydrogen (secondary N) is 1. The number of aliphatic imine (C=N–C) groups is 1. The molecule has 1 aliphatic rings. The molecule has 0 aliphatic heterocycles. The van der Waals surface area contributed by atoms with Gasteiger partial charge in [-0.2, -0.15) is 13.2 Å². The van der Waals surface area contributed by atoms with Gasteiger partial charge in [0.2, 0.25) is 0 Å². The molecule has 1 aromatic rings. The van der Waals surface area contributed by atoms with Gasteiger partial charge in [-0.3, -0.25) is 4.99 Å². The quantitative estimate of drug-likeness (QED) is 0.263. The van der Waals surface area contributed by atoms with Crippen molar-refractivity contribution in [3.63, 3.8) is 0 Å². The zero-order chi connectivity index (χ0) is 25.3. The van der Waals surface area contributed by atoms with Gasteiger partial charge < -0.3 is 11.1 Å². The third kappa shape index (κ3) is 7.89. The Morgan fingerprint density at radius 3 is 2.12 bits per heavy atom. The van der Waals surface area contributed by atoms with Crippen molar-refractivity contribution < 1.29 is 13.2 Å². The molecule has 1 fully saturated rings. The Morgan fingerprint density at radius 1 is 1.18 bits per heavy atom. The van der Waals surface area contributed by atoms with E-state index in [1.807, 2.05) is 45.9 Å². The maximum atomic E-state index is 13.4. The normalized spacial score (nSPS) is 20.2. The fourth-order valence-electron chi connectivity index (χ4n) is 4.47. The molecule has 0 radical (unpaired) electrons. The molecule has 3 atom stereocenters. The van der Waals surface area contributed by atoms with Crippen LogP contribution in [0.2, 0.25) is 0 Å². The van der Waals surface area contributed by atoms with E-state index in [2.05, 4.69) is 24.5 Å². The summed E-state index contributed by atoms with van der Waals surface area (Å²) in [5, 5.41) is 7.79. The summed E-state index contributed by atoms with van der Waals surface area (Å²) in [6, 6.07) is 5.66. The molecule has 1 aromatic carbocycles. The van der Waals surface area contributed by atoms with Crippen LogP contribution in [-0.4, -0.2) is 25.7 Å². The summed E-state index contributed by atoms with van der Waals surface area (Å²) in [6.07, 6.45) is -0.370. The summed E-state index contributed by atoms with van der Waals surface area (Å²) in [4.78, 5) is 4.55. The number of allylic oxidation sites excluding steroid dienone is 2. The minimum Gasteiger partial charge on any atom is -0.394 e. The molecule has 3 unspecified atom stereocenters. The van der Waals surface area contributed by atoms with Crippen molar-refractivity contribution in [3.8, 4) is 0 Å². The first-order valence-corrected chi connectivity index (χ1v) is 11.8. The van der Waals surface area contributed by atoms with E-state index < -0.39 is 17.3 Å². The maximum Gasteiger partial charge on any atom is 0.431 e. The van der Waals surface area contributed by atoms with Crippen molar-refractivity contribution in [2.24, 2.45) is 28.0 Å². The van der Waals surface area contributed by atoms with E-state index in [0.717, 1.165) is 24.0 Å². The molecule has 34 heavy (non-hydrogen) atoms. The Balaban J connectivity index is -0.00000152. The number of nitrogens with two attached hydrogens (primary N) is 1. The molecule has 0 aromatic heterocycles. The van der Waals surface area contributed by atoms with Crippen molar-refractivity contribution in [1.29, 1.82) is 5.41 Å². The number of benzene rings is 1. The zero-order valence-corrected chi connectivity index (χ0v) is 21.5. The van der Waals surface area contributed by atoms with E-state index in [-0.39, 0.29) is 32.3 Å². The van der Waals surface area contributed by atoms with E-state index in [1.165, 1.54) is 19.5 Å². The lowest BCUT2D eigenvalue weighted by Crippen LogP contribution is -2.46. The van der Waals surface area contributed by atoms with Crippen LogP contribution in [0.3, 0.4) is 0 Å². The van der Waals surface area contributed by atoms with Gasteiger partial charge in [0.05, 0.1) is 0 Å². The van der Waals surface area contributed by atoms with Crippen LogP contribution in [0, 0.1) is 22.7 Å². The van der Waals surface area contributed by atoms with Crippen LogP contribution in [0.25, 0.3) is 0 Å². The van der Waals surface area contributed by atoms with Crippen LogP contribution in [-0.2, 0) is 0 Å². The van der Waals surface area contributed by atoms with Crippen molar-refractivity contribution in [1.82, 2.24) is 0 Å². The summed E-state index contributed by atoms with van der Waals surface area (Å²) in [6.45, 7) is 13.7. The largest absolute Gasteiger partial charge is 0.431 e. The van der Waals surface area contributed by atoms with Gasteiger partial charge in [0.25, 0.3) is 0 Å². The highest BCUT2D eigenvalue weighted by Gasteiger charge is 2.51. The molecule has 2 rings (SSSR count). The van der Waals surface area contributed by atoms with Gasteiger partial charge in [0, 0.05) is 35.5 Å². The first-order chi connectivity index (χ1) is 15.0. The number of alkyl halides is 3. The average molecular weight is 504 g/mol. The highest BCUT2D eigenvalue weighted by atomic mass is 32.1. The number of nitrogens with zero attached hydrogens (tertiary/aromatic N) is 1. The smallest absolute Gasteiger partial charge is 0.394 e. The molecule has 0 bridgehead atoms. The summed E-state index contributed by atoms with van der Waals surface area (Å²) < 4.78 is 40.2. The van der Waals surface area contributed by atoms with Gasteiger partial charge in [-0.05, 0) is 41.2 Å². The highest BCUT2D eigenvalue weighted by molar-refractivity contribution is 7.80. The lowest BCUT2D eigenvalue weighted by atomic mass is 9.50. The third-order valence-corrected chi connectivity index (χ3v) is 6.51. The van der Waals surface area contributed by atoms with Crippen molar-refractivity contribution in [2.75, 3.05) is 7.05 Å². The molecule has 0 saturated heterocycles. The van der Waals surface area contributed by atoms with E-state index >= 15 is 0 Å². The predicted molar refractivity (Wildman–Crippen MR) is 148 cm³/mol. The van der Waals surface area contributed by atoms with E-state index in [4.69, 9.17) is 11.1 Å². The molecule has 7 heteroatoms. The Labute approximate surface area is 212 Å². The van der Waals surface area contributed by atoms with E-state index in [1.54, 1.807) is 13.8 Å². The highest BCUT2D eigenvalue weighted by Crippen LogP contribution is 2.59. The topological polar surface area (TPSA) is 62.2 Å². The van der Waals surface area contributed by atoms with Crippen LogP contribution in [0.1, 0.15) is 93.2 Å². The van der Waals surface area contributed by atoms with Gasteiger partial charge in [-0.25, -0.2) is 0 Å². The Hall–Kier alpha value is -1.76. The van der Waals surface area contributed by atoms with Crippen molar-refractivity contribution >= 4 is 25.1 Å². The van der Waals surface area contributed by atoms with Gasteiger partial charge >= 0.3 is 6.18 Å². The number of hydrogen-bond donors (Lipinski definition) is 3. The Kier molecular flexibility index (Phi) is 17.3. The van der Waals surface area contributed by atoms with Crippen molar-refractivity contribution in [3.05, 3.63) is 40.6 Å².